The van der Waals surface area contributed by atoms with E-state index in [0.717, 1.165) is 33.5 Å². The quantitative estimate of drug-likeness (QED) is 0.622. The second-order valence-corrected chi connectivity index (χ2v) is 8.14. The fourth-order valence-electron chi connectivity index (χ4n) is 3.80. The van der Waals surface area contributed by atoms with Crippen LogP contribution in [0.15, 0.2) is 53.6 Å². The third-order valence-corrected chi connectivity index (χ3v) is 6.39. The first-order valence-corrected chi connectivity index (χ1v) is 10.1. The summed E-state index contributed by atoms with van der Waals surface area (Å²) >= 11 is 1.51. The first kappa shape index (κ1) is 17.9. The number of carbonyl (C=O) groups is 2. The Morgan fingerprint density at radius 3 is 2.48 bits per heavy atom. The van der Waals surface area contributed by atoms with Crippen LogP contribution in [0.1, 0.15) is 36.9 Å². The van der Waals surface area contributed by atoms with Crippen LogP contribution in [0.25, 0.3) is 10.9 Å². The van der Waals surface area contributed by atoms with E-state index in [2.05, 4.69) is 24.5 Å². The average molecular weight is 378 g/mol. The highest BCUT2D eigenvalue weighted by molar-refractivity contribution is 8.00. The van der Waals surface area contributed by atoms with Crippen LogP contribution in [-0.2, 0) is 16.6 Å². The first-order chi connectivity index (χ1) is 13.0. The number of hydrogen-bond acceptors (Lipinski definition) is 3. The van der Waals surface area contributed by atoms with Gasteiger partial charge >= 0.3 is 0 Å². The fraction of sp³-hybridized carbons (Fsp3) is 0.273. The second-order valence-electron chi connectivity index (χ2n) is 7.17. The molecule has 1 unspecified atom stereocenters. The summed E-state index contributed by atoms with van der Waals surface area (Å²) in [6.07, 6.45) is 0.894. The molecule has 0 aliphatic carbocycles. The minimum Gasteiger partial charge on any atom is -0.339 e. The van der Waals surface area contributed by atoms with E-state index in [0.29, 0.717) is 11.7 Å². The van der Waals surface area contributed by atoms with E-state index in [4.69, 9.17) is 0 Å². The molecule has 3 aromatic rings. The van der Waals surface area contributed by atoms with Gasteiger partial charge in [0.15, 0.2) is 0 Å². The Morgan fingerprint density at radius 2 is 1.81 bits per heavy atom. The zero-order valence-electron chi connectivity index (χ0n) is 15.7. The number of benzene rings is 2. The molecule has 0 saturated heterocycles. The molecule has 4 nitrogen and oxygen atoms in total. The highest BCUT2D eigenvalue weighted by Crippen LogP contribution is 2.42. The van der Waals surface area contributed by atoms with Crippen molar-refractivity contribution in [2.24, 2.45) is 7.05 Å². The van der Waals surface area contributed by atoms with Gasteiger partial charge in [0.1, 0.15) is 12.3 Å². The number of amides is 1. The normalized spacial score (nSPS) is 17.3. The number of rotatable bonds is 3. The molecule has 2 heterocycles. The van der Waals surface area contributed by atoms with Crippen molar-refractivity contribution in [1.82, 2.24) is 4.57 Å². The lowest BCUT2D eigenvalue weighted by atomic mass is 10.0. The maximum atomic E-state index is 13.0. The van der Waals surface area contributed by atoms with E-state index < -0.39 is 6.04 Å². The number of carbonyl (C=O) groups excluding carboxylic acids is 2. The van der Waals surface area contributed by atoms with Crippen molar-refractivity contribution in [2.75, 3.05) is 10.7 Å². The number of para-hydroxylation sites is 1. The number of hydrogen-bond donors (Lipinski definition) is 0. The van der Waals surface area contributed by atoms with Gasteiger partial charge in [-0.1, -0.05) is 55.9 Å². The van der Waals surface area contributed by atoms with Crippen LogP contribution in [0, 0.1) is 0 Å². The van der Waals surface area contributed by atoms with Gasteiger partial charge in [-0.25, -0.2) is 0 Å². The Bertz CT molecular complexity index is 1020. The van der Waals surface area contributed by atoms with Crippen LogP contribution in [-0.4, -0.2) is 22.5 Å². The smallest absolute Gasteiger partial charge is 0.238 e. The molecule has 138 valence electrons. The first-order valence-electron chi connectivity index (χ1n) is 9.10. The van der Waals surface area contributed by atoms with Crippen molar-refractivity contribution < 1.29 is 9.59 Å². The van der Waals surface area contributed by atoms with E-state index in [1.54, 1.807) is 4.90 Å². The molecular formula is C22H22N2O2S. The maximum absolute atomic E-state index is 13.0. The number of anilines is 1. The second kappa shape index (κ2) is 6.89. The van der Waals surface area contributed by atoms with Gasteiger partial charge in [-0.05, 0) is 29.7 Å². The minimum atomic E-state index is -0.626. The summed E-state index contributed by atoms with van der Waals surface area (Å²) in [7, 11) is 1.99. The van der Waals surface area contributed by atoms with Crippen LogP contribution < -0.4 is 4.90 Å². The Labute approximate surface area is 163 Å². The molecular weight excluding hydrogens is 356 g/mol. The van der Waals surface area contributed by atoms with Crippen LogP contribution in [0.2, 0.25) is 0 Å². The van der Waals surface area contributed by atoms with Crippen LogP contribution in [0.3, 0.4) is 0 Å². The third kappa shape index (κ3) is 2.86. The molecule has 1 aliphatic heterocycles. The highest BCUT2D eigenvalue weighted by atomic mass is 32.2. The van der Waals surface area contributed by atoms with Gasteiger partial charge in [0.2, 0.25) is 5.91 Å². The number of fused-ring (bicyclic) bond motifs is 3. The molecule has 0 N–H and O–H groups in total. The largest absolute Gasteiger partial charge is 0.339 e. The van der Waals surface area contributed by atoms with E-state index in [-0.39, 0.29) is 5.91 Å². The van der Waals surface area contributed by atoms with E-state index in [1.165, 1.54) is 17.3 Å². The Balaban J connectivity index is 1.89. The summed E-state index contributed by atoms with van der Waals surface area (Å²) in [5, 5.41) is 2.01. The van der Waals surface area contributed by atoms with Crippen molar-refractivity contribution >= 4 is 40.5 Å². The predicted octanol–water partition coefficient (Wildman–Crippen LogP) is 4.68. The fourth-order valence-corrected chi connectivity index (χ4v) is 4.87. The lowest BCUT2D eigenvalue weighted by Gasteiger charge is -2.27. The maximum Gasteiger partial charge on any atom is 0.238 e. The number of aldehydes is 1. The van der Waals surface area contributed by atoms with Crippen molar-refractivity contribution in [3.63, 3.8) is 0 Å². The van der Waals surface area contributed by atoms with Crippen molar-refractivity contribution in [2.45, 2.75) is 30.8 Å². The number of nitrogens with zero attached hydrogens (tertiary/aromatic N) is 2. The molecule has 1 aromatic heterocycles. The summed E-state index contributed by atoms with van der Waals surface area (Å²) in [6.45, 7) is 4.28. The molecule has 0 radical (unpaired) electrons. The summed E-state index contributed by atoms with van der Waals surface area (Å²) in [6, 6.07) is 15.4. The van der Waals surface area contributed by atoms with E-state index in [9.17, 15) is 9.59 Å². The van der Waals surface area contributed by atoms with Gasteiger partial charge in [-0.15, -0.1) is 0 Å². The van der Waals surface area contributed by atoms with E-state index in [1.807, 2.05) is 49.5 Å². The molecule has 1 atom stereocenters. The molecule has 0 saturated carbocycles. The van der Waals surface area contributed by atoms with Crippen molar-refractivity contribution in [3.8, 4) is 0 Å². The van der Waals surface area contributed by atoms with Gasteiger partial charge < -0.3 is 9.36 Å². The van der Waals surface area contributed by atoms with Gasteiger partial charge in [0, 0.05) is 29.2 Å². The van der Waals surface area contributed by atoms with Gasteiger partial charge in [0.05, 0.1) is 10.8 Å². The number of aromatic nitrogens is 1. The molecule has 5 heteroatoms. The Morgan fingerprint density at radius 1 is 1.11 bits per heavy atom. The monoisotopic (exact) mass is 378 g/mol. The number of aryl methyl sites for hydroxylation is 1. The number of thioether (sulfide) groups is 1. The molecule has 0 fully saturated rings. The summed E-state index contributed by atoms with van der Waals surface area (Å²) in [5.41, 5.74) is 3.98. The van der Waals surface area contributed by atoms with Gasteiger partial charge in [-0.2, -0.15) is 0 Å². The van der Waals surface area contributed by atoms with Crippen LogP contribution >= 0.6 is 11.8 Å². The lowest BCUT2D eigenvalue weighted by molar-refractivity contribution is -0.119. The summed E-state index contributed by atoms with van der Waals surface area (Å²) in [5.74, 6) is 0.684. The standard InChI is InChI=1S/C22H22N2O2S/c1-14(2)15-8-10-16(11-9-15)24-19(12-25)21-17-6-4-5-7-18(17)23(3)22(21)27-13-20(24)26/h4-12,14,19H,13H2,1-3H3. The Hall–Kier alpha value is -2.53. The molecule has 4 rings (SSSR count). The third-order valence-electron chi connectivity index (χ3n) is 5.23. The van der Waals surface area contributed by atoms with Gasteiger partial charge in [-0.3, -0.25) is 9.69 Å². The molecule has 0 bridgehead atoms. The lowest BCUT2D eigenvalue weighted by Crippen LogP contribution is -2.35. The molecule has 0 spiro atoms. The molecule has 2 aromatic carbocycles. The minimum absolute atomic E-state index is 0.0466. The molecule has 1 aliphatic rings. The van der Waals surface area contributed by atoms with Crippen molar-refractivity contribution in [3.05, 3.63) is 59.7 Å². The van der Waals surface area contributed by atoms with Gasteiger partial charge in [0.25, 0.3) is 0 Å². The van der Waals surface area contributed by atoms with E-state index >= 15 is 0 Å². The zero-order chi connectivity index (χ0) is 19.1. The zero-order valence-corrected chi connectivity index (χ0v) is 16.5. The SMILES string of the molecule is CC(C)c1ccc(N2C(=O)CSc3c(c4ccccc4n3C)C2C=O)cc1. The van der Waals surface area contributed by atoms with Crippen molar-refractivity contribution in [1.29, 1.82) is 0 Å². The summed E-state index contributed by atoms with van der Waals surface area (Å²) < 4.78 is 2.09. The average Bonchev–Trinajstić information content (AvgIpc) is 2.86. The predicted molar refractivity (Wildman–Crippen MR) is 110 cm³/mol. The van der Waals surface area contributed by atoms with Crippen LogP contribution in [0.5, 0.6) is 0 Å². The Kier molecular flexibility index (Phi) is 4.56. The van der Waals surface area contributed by atoms with Crippen LogP contribution in [0.4, 0.5) is 5.69 Å². The molecule has 1 amide bonds. The molecule has 27 heavy (non-hydrogen) atoms. The highest BCUT2D eigenvalue weighted by Gasteiger charge is 2.35. The summed E-state index contributed by atoms with van der Waals surface area (Å²) in [4.78, 5) is 26.8. The topological polar surface area (TPSA) is 42.3 Å².